The van der Waals surface area contributed by atoms with Gasteiger partial charge in [-0.1, -0.05) is 19.8 Å². The van der Waals surface area contributed by atoms with Gasteiger partial charge in [0.05, 0.1) is 12.2 Å². The summed E-state index contributed by atoms with van der Waals surface area (Å²) < 4.78 is 10.2. The fourth-order valence-corrected chi connectivity index (χ4v) is 2.97. The van der Waals surface area contributed by atoms with Gasteiger partial charge in [0, 0.05) is 6.04 Å². The minimum absolute atomic E-state index is 0.0722. The average molecular weight is 362 g/mol. The number of esters is 1. The molecule has 1 aliphatic rings. The first-order valence-electron chi connectivity index (χ1n) is 9.00. The number of hydrogen-bond acceptors (Lipinski definition) is 5. The number of ether oxygens (including phenoxy) is 2. The minimum Gasteiger partial charge on any atom is -0.494 e. The quantitative estimate of drug-likeness (QED) is 0.759. The lowest BCUT2D eigenvalue weighted by Crippen LogP contribution is -2.48. The molecule has 142 valence electrons. The number of carbonyl (C=O) groups excluding carboxylic acids is 3. The third-order valence-electron chi connectivity index (χ3n) is 4.42. The van der Waals surface area contributed by atoms with Crippen LogP contribution < -0.4 is 15.4 Å². The maximum atomic E-state index is 11.9. The summed E-state index contributed by atoms with van der Waals surface area (Å²) in [7, 11) is 0. The molecule has 2 N–H and O–H groups in total. The molecule has 0 unspecified atom stereocenters. The van der Waals surface area contributed by atoms with E-state index in [1.165, 1.54) is 6.42 Å². The molecule has 0 aromatic heterocycles. The molecule has 0 heterocycles. The van der Waals surface area contributed by atoms with Crippen LogP contribution in [0.5, 0.6) is 5.75 Å². The fourth-order valence-electron chi connectivity index (χ4n) is 2.97. The van der Waals surface area contributed by atoms with Gasteiger partial charge in [-0.25, -0.2) is 9.59 Å². The van der Waals surface area contributed by atoms with Gasteiger partial charge in [-0.2, -0.15) is 0 Å². The Labute approximate surface area is 153 Å². The Morgan fingerprint density at radius 3 is 2.46 bits per heavy atom. The van der Waals surface area contributed by atoms with E-state index in [0.717, 1.165) is 19.3 Å². The Morgan fingerprint density at radius 2 is 1.81 bits per heavy atom. The zero-order chi connectivity index (χ0) is 18.9. The van der Waals surface area contributed by atoms with Crippen LogP contribution in [0.1, 0.15) is 49.9 Å². The standard InChI is InChI=1S/C19H26N2O5/c1-3-25-15-10-8-14(9-11-15)18(23)26-12-17(22)21-19(24)20-16-7-5-4-6-13(16)2/h8-11,13,16H,3-7,12H2,1-2H3,(H2,20,21,22,24)/t13-,16-/m0/s1. The van der Waals surface area contributed by atoms with Crippen molar-refractivity contribution >= 4 is 17.9 Å². The third-order valence-corrected chi connectivity index (χ3v) is 4.42. The predicted molar refractivity (Wildman–Crippen MR) is 96.0 cm³/mol. The number of rotatable bonds is 6. The van der Waals surface area contributed by atoms with Crippen LogP contribution in [0.25, 0.3) is 0 Å². The highest BCUT2D eigenvalue weighted by atomic mass is 16.5. The predicted octanol–water partition coefficient (Wildman–Crippen LogP) is 2.65. The number of imide groups is 1. The largest absolute Gasteiger partial charge is 0.494 e. The molecule has 1 saturated carbocycles. The number of nitrogens with one attached hydrogen (secondary N) is 2. The molecule has 3 amide bonds. The number of hydrogen-bond donors (Lipinski definition) is 2. The van der Waals surface area contributed by atoms with Gasteiger partial charge in [-0.15, -0.1) is 0 Å². The third kappa shape index (κ3) is 6.06. The van der Waals surface area contributed by atoms with Crippen LogP contribution in [0.4, 0.5) is 4.79 Å². The highest BCUT2D eigenvalue weighted by molar-refractivity contribution is 5.97. The van der Waals surface area contributed by atoms with Crippen molar-refractivity contribution < 1.29 is 23.9 Å². The molecule has 1 aromatic carbocycles. The van der Waals surface area contributed by atoms with Gasteiger partial charge in [-0.05, 0) is 49.9 Å². The smallest absolute Gasteiger partial charge is 0.338 e. The van der Waals surface area contributed by atoms with E-state index in [2.05, 4.69) is 17.6 Å². The number of urea groups is 1. The normalized spacial score (nSPS) is 19.3. The van der Waals surface area contributed by atoms with Gasteiger partial charge in [0.1, 0.15) is 5.75 Å². The van der Waals surface area contributed by atoms with Crippen molar-refractivity contribution in [3.8, 4) is 5.75 Å². The molecule has 1 aliphatic carbocycles. The lowest BCUT2D eigenvalue weighted by Gasteiger charge is -2.29. The van der Waals surface area contributed by atoms with E-state index in [-0.39, 0.29) is 6.04 Å². The lowest BCUT2D eigenvalue weighted by atomic mass is 9.86. The van der Waals surface area contributed by atoms with Crippen molar-refractivity contribution in [2.45, 2.75) is 45.6 Å². The summed E-state index contributed by atoms with van der Waals surface area (Å²) in [6.45, 7) is 3.97. The van der Waals surface area contributed by atoms with Crippen molar-refractivity contribution in [1.29, 1.82) is 0 Å². The van der Waals surface area contributed by atoms with Gasteiger partial charge in [-0.3, -0.25) is 10.1 Å². The van der Waals surface area contributed by atoms with E-state index in [4.69, 9.17) is 9.47 Å². The van der Waals surface area contributed by atoms with Crippen LogP contribution in [-0.4, -0.2) is 37.2 Å². The summed E-state index contributed by atoms with van der Waals surface area (Å²) in [5.41, 5.74) is 0.307. The molecule has 0 aliphatic heterocycles. The lowest BCUT2D eigenvalue weighted by molar-refractivity contribution is -0.123. The summed E-state index contributed by atoms with van der Waals surface area (Å²) >= 11 is 0. The minimum atomic E-state index is -0.662. The van der Waals surface area contributed by atoms with E-state index < -0.39 is 24.5 Å². The number of benzene rings is 1. The number of amides is 3. The van der Waals surface area contributed by atoms with Gasteiger partial charge in [0.25, 0.3) is 5.91 Å². The van der Waals surface area contributed by atoms with Crippen LogP contribution in [0.15, 0.2) is 24.3 Å². The van der Waals surface area contributed by atoms with Crippen LogP contribution >= 0.6 is 0 Å². The van der Waals surface area contributed by atoms with Crippen LogP contribution in [0.3, 0.4) is 0 Å². The summed E-state index contributed by atoms with van der Waals surface area (Å²) in [4.78, 5) is 35.6. The second-order valence-corrected chi connectivity index (χ2v) is 6.42. The summed E-state index contributed by atoms with van der Waals surface area (Å²) in [5.74, 6) is -0.257. The van der Waals surface area contributed by atoms with Crippen molar-refractivity contribution in [3.05, 3.63) is 29.8 Å². The Balaban J connectivity index is 1.73. The highest BCUT2D eigenvalue weighted by Crippen LogP contribution is 2.23. The monoisotopic (exact) mass is 362 g/mol. The Morgan fingerprint density at radius 1 is 1.12 bits per heavy atom. The topological polar surface area (TPSA) is 93.7 Å². The van der Waals surface area contributed by atoms with E-state index in [0.29, 0.717) is 23.8 Å². The zero-order valence-corrected chi connectivity index (χ0v) is 15.2. The van der Waals surface area contributed by atoms with E-state index in [1.807, 2.05) is 6.92 Å². The highest BCUT2D eigenvalue weighted by Gasteiger charge is 2.23. The first-order valence-corrected chi connectivity index (χ1v) is 9.00. The first-order chi connectivity index (χ1) is 12.5. The van der Waals surface area contributed by atoms with Crippen LogP contribution in [0, 0.1) is 5.92 Å². The summed E-state index contributed by atoms with van der Waals surface area (Å²) in [6.07, 6.45) is 4.22. The zero-order valence-electron chi connectivity index (χ0n) is 15.2. The average Bonchev–Trinajstić information content (AvgIpc) is 2.62. The molecule has 1 aromatic rings. The molecule has 0 saturated heterocycles. The van der Waals surface area contributed by atoms with Crippen molar-refractivity contribution in [2.75, 3.05) is 13.2 Å². The van der Waals surface area contributed by atoms with Crippen molar-refractivity contribution in [2.24, 2.45) is 5.92 Å². The summed E-state index contributed by atoms with van der Waals surface area (Å²) in [6, 6.07) is 5.94. The second kappa shape index (κ2) is 9.79. The molecule has 2 atom stereocenters. The van der Waals surface area contributed by atoms with Crippen molar-refractivity contribution in [1.82, 2.24) is 10.6 Å². The summed E-state index contributed by atoms with van der Waals surface area (Å²) in [5, 5.41) is 5.01. The van der Waals surface area contributed by atoms with E-state index >= 15 is 0 Å². The molecular weight excluding hydrogens is 336 g/mol. The molecule has 0 bridgehead atoms. The number of carbonyl (C=O) groups is 3. The van der Waals surface area contributed by atoms with Crippen LogP contribution in [0.2, 0.25) is 0 Å². The van der Waals surface area contributed by atoms with Gasteiger partial charge < -0.3 is 14.8 Å². The Bertz CT molecular complexity index is 629. The second-order valence-electron chi connectivity index (χ2n) is 6.42. The van der Waals surface area contributed by atoms with E-state index in [1.54, 1.807) is 24.3 Å². The molecule has 0 spiro atoms. The van der Waals surface area contributed by atoms with Crippen LogP contribution in [-0.2, 0) is 9.53 Å². The Kier molecular flexibility index (Phi) is 7.44. The van der Waals surface area contributed by atoms with Gasteiger partial charge >= 0.3 is 12.0 Å². The first kappa shape index (κ1) is 19.8. The molecule has 1 fully saturated rings. The molecule has 7 nitrogen and oxygen atoms in total. The molecule has 7 heteroatoms. The molecular formula is C19H26N2O5. The molecule has 0 radical (unpaired) electrons. The van der Waals surface area contributed by atoms with Gasteiger partial charge in [0.2, 0.25) is 0 Å². The molecule has 2 rings (SSSR count). The Hall–Kier alpha value is -2.57. The maximum absolute atomic E-state index is 11.9. The fraction of sp³-hybridized carbons (Fsp3) is 0.526. The van der Waals surface area contributed by atoms with Crippen molar-refractivity contribution in [3.63, 3.8) is 0 Å². The van der Waals surface area contributed by atoms with Gasteiger partial charge in [0.15, 0.2) is 6.61 Å². The van der Waals surface area contributed by atoms with E-state index in [9.17, 15) is 14.4 Å². The maximum Gasteiger partial charge on any atom is 0.338 e. The molecule has 26 heavy (non-hydrogen) atoms. The SMILES string of the molecule is CCOc1ccc(C(=O)OCC(=O)NC(=O)N[C@H]2CCCC[C@@H]2C)cc1.